The highest BCUT2D eigenvalue weighted by Gasteiger charge is 2.20. The summed E-state index contributed by atoms with van der Waals surface area (Å²) in [6, 6.07) is 47.4. The molecule has 3 heteroatoms. The maximum absolute atomic E-state index is 6.78. The number of fused-ring (bicyclic) bond motifs is 5. The second kappa shape index (κ2) is 10.4. The van der Waals surface area contributed by atoms with E-state index >= 15 is 0 Å². The average molecular weight is 573 g/mol. The minimum Gasteiger partial charge on any atom is -0.495 e. The summed E-state index contributed by atoms with van der Waals surface area (Å²) in [7, 11) is 1.77. The van der Waals surface area contributed by atoms with Crippen LogP contribution >= 0.6 is 11.8 Å². The van der Waals surface area contributed by atoms with Gasteiger partial charge < -0.3 is 9.15 Å². The van der Waals surface area contributed by atoms with Crippen molar-refractivity contribution in [2.45, 2.75) is 4.90 Å². The van der Waals surface area contributed by atoms with E-state index < -0.39 is 0 Å². The van der Waals surface area contributed by atoms with Crippen LogP contribution in [0.3, 0.4) is 0 Å². The third kappa shape index (κ3) is 4.19. The number of thioether (sulfide) groups is 1. The summed E-state index contributed by atoms with van der Waals surface area (Å²) in [4.78, 5) is 1.23. The molecule has 0 radical (unpaired) electrons. The van der Waals surface area contributed by atoms with Crippen LogP contribution in [-0.4, -0.2) is 13.4 Å². The van der Waals surface area contributed by atoms with E-state index in [-0.39, 0.29) is 0 Å². The lowest BCUT2D eigenvalue weighted by Gasteiger charge is -2.18. The molecule has 0 aliphatic carbocycles. The first-order chi connectivity index (χ1) is 21.2. The summed E-state index contributed by atoms with van der Waals surface area (Å²) in [6.07, 6.45) is 2.12. The highest BCUT2D eigenvalue weighted by Crippen LogP contribution is 2.47. The van der Waals surface area contributed by atoms with Gasteiger partial charge in [-0.15, -0.1) is 11.8 Å². The molecule has 1 heterocycles. The molecule has 0 saturated carbocycles. The Balaban J connectivity index is 1.42. The number of ether oxygens (including phenoxy) is 1. The van der Waals surface area contributed by atoms with Crippen molar-refractivity contribution in [3.8, 4) is 39.1 Å². The SMILES string of the molecule is COc1c(-c2ccc3c(c2)oc2c(-c4ccccc4)c4ccccc4cc23)cc2cc(SC)ccc2c1-c1ccccc1. The van der Waals surface area contributed by atoms with Gasteiger partial charge in [-0.25, -0.2) is 0 Å². The number of hydrogen-bond acceptors (Lipinski definition) is 3. The van der Waals surface area contributed by atoms with Crippen LogP contribution in [0.2, 0.25) is 0 Å². The Morgan fingerprint density at radius 3 is 1.95 bits per heavy atom. The molecule has 43 heavy (non-hydrogen) atoms. The molecule has 0 N–H and O–H groups in total. The Morgan fingerprint density at radius 1 is 0.535 bits per heavy atom. The van der Waals surface area contributed by atoms with Crippen molar-refractivity contribution in [3.63, 3.8) is 0 Å². The van der Waals surface area contributed by atoms with Crippen molar-refractivity contribution in [3.05, 3.63) is 133 Å². The zero-order valence-corrected chi connectivity index (χ0v) is 24.7. The molecule has 0 fully saturated rings. The van der Waals surface area contributed by atoms with Gasteiger partial charge >= 0.3 is 0 Å². The van der Waals surface area contributed by atoms with Crippen LogP contribution in [0.25, 0.3) is 76.9 Å². The highest BCUT2D eigenvalue weighted by molar-refractivity contribution is 7.98. The molecule has 0 atom stereocenters. The molecule has 0 amide bonds. The van der Waals surface area contributed by atoms with Gasteiger partial charge in [0, 0.05) is 32.4 Å². The molecule has 8 aromatic rings. The molecule has 8 rings (SSSR count). The first-order valence-electron chi connectivity index (χ1n) is 14.4. The van der Waals surface area contributed by atoms with E-state index in [1.54, 1.807) is 18.9 Å². The lowest BCUT2D eigenvalue weighted by Crippen LogP contribution is -1.94. The Labute approximate surface area is 254 Å². The molecule has 0 aliphatic heterocycles. The quantitative estimate of drug-likeness (QED) is 0.192. The minimum absolute atomic E-state index is 0.862. The minimum atomic E-state index is 0.862. The fourth-order valence-corrected chi connectivity index (χ4v) is 6.89. The van der Waals surface area contributed by atoms with Crippen LogP contribution in [0, 0.1) is 0 Å². The van der Waals surface area contributed by atoms with Gasteiger partial charge in [0.1, 0.15) is 16.9 Å². The van der Waals surface area contributed by atoms with E-state index in [4.69, 9.17) is 9.15 Å². The van der Waals surface area contributed by atoms with Crippen molar-refractivity contribution >= 4 is 55.2 Å². The molecule has 2 nitrogen and oxygen atoms in total. The normalized spacial score (nSPS) is 11.6. The predicted molar refractivity (Wildman–Crippen MR) is 183 cm³/mol. The second-order valence-corrected chi connectivity index (χ2v) is 11.7. The number of rotatable bonds is 5. The third-order valence-corrected chi connectivity index (χ3v) is 9.15. The van der Waals surface area contributed by atoms with Gasteiger partial charge in [0.05, 0.1) is 7.11 Å². The third-order valence-electron chi connectivity index (χ3n) is 8.43. The van der Waals surface area contributed by atoms with E-state index in [1.807, 2.05) is 0 Å². The van der Waals surface area contributed by atoms with Crippen molar-refractivity contribution < 1.29 is 9.15 Å². The summed E-state index contributed by atoms with van der Waals surface area (Å²) in [5.41, 5.74) is 8.39. The van der Waals surface area contributed by atoms with E-state index in [0.717, 1.165) is 61.1 Å². The van der Waals surface area contributed by atoms with E-state index in [2.05, 4.69) is 140 Å². The largest absolute Gasteiger partial charge is 0.495 e. The van der Waals surface area contributed by atoms with Crippen LogP contribution in [0.15, 0.2) is 143 Å². The van der Waals surface area contributed by atoms with Crippen molar-refractivity contribution in [2.75, 3.05) is 13.4 Å². The molecule has 0 bridgehead atoms. The van der Waals surface area contributed by atoms with Crippen LogP contribution < -0.4 is 4.74 Å². The van der Waals surface area contributed by atoms with E-state index in [1.165, 1.54) is 26.4 Å². The van der Waals surface area contributed by atoms with Crippen molar-refractivity contribution in [1.29, 1.82) is 0 Å². The van der Waals surface area contributed by atoms with Crippen LogP contribution in [0.5, 0.6) is 5.75 Å². The second-order valence-electron chi connectivity index (χ2n) is 10.8. The van der Waals surface area contributed by atoms with E-state index in [0.29, 0.717) is 0 Å². The standard InChI is InChI=1S/C40H28O2S/c1-41-39-34(23-29-21-30(43-2)18-20-32(29)37(39)25-11-5-3-6-12-25)28-17-19-33-35-22-27-15-9-10-16-31(27)38(26-13-7-4-8-14-26)40(35)42-36(33)24-28/h3-24H,1-2H3. The Kier molecular flexibility index (Phi) is 6.20. The van der Waals surface area contributed by atoms with Crippen LogP contribution in [-0.2, 0) is 0 Å². The lowest BCUT2D eigenvalue weighted by atomic mass is 9.91. The maximum atomic E-state index is 6.78. The molecular weight excluding hydrogens is 545 g/mol. The Bertz CT molecular complexity index is 2300. The number of methoxy groups -OCH3 is 1. The van der Waals surface area contributed by atoms with Crippen LogP contribution in [0.4, 0.5) is 0 Å². The zero-order valence-electron chi connectivity index (χ0n) is 23.9. The fourth-order valence-electron chi connectivity index (χ4n) is 6.44. The lowest BCUT2D eigenvalue weighted by molar-refractivity contribution is 0.418. The maximum Gasteiger partial charge on any atom is 0.143 e. The highest BCUT2D eigenvalue weighted by atomic mass is 32.2. The number of hydrogen-bond donors (Lipinski definition) is 0. The molecule has 0 aliphatic rings. The molecule has 1 aromatic heterocycles. The zero-order chi connectivity index (χ0) is 28.9. The van der Waals surface area contributed by atoms with Crippen molar-refractivity contribution in [1.82, 2.24) is 0 Å². The summed E-state index contributed by atoms with van der Waals surface area (Å²) in [5, 5.41) is 6.98. The smallest absolute Gasteiger partial charge is 0.143 e. The monoisotopic (exact) mass is 572 g/mol. The van der Waals surface area contributed by atoms with Crippen molar-refractivity contribution in [2.24, 2.45) is 0 Å². The van der Waals surface area contributed by atoms with Crippen LogP contribution in [0.1, 0.15) is 0 Å². The average Bonchev–Trinajstić information content (AvgIpc) is 3.43. The van der Waals surface area contributed by atoms with E-state index in [9.17, 15) is 0 Å². The Hall–Kier alpha value is -4.99. The summed E-state index contributed by atoms with van der Waals surface area (Å²) >= 11 is 1.76. The topological polar surface area (TPSA) is 22.4 Å². The molecule has 7 aromatic carbocycles. The first-order valence-corrected chi connectivity index (χ1v) is 15.6. The van der Waals surface area contributed by atoms with Gasteiger partial charge in [-0.1, -0.05) is 97.1 Å². The Morgan fingerprint density at radius 2 is 1.21 bits per heavy atom. The fraction of sp³-hybridized carbons (Fsp3) is 0.0500. The molecule has 0 spiro atoms. The summed E-state index contributed by atoms with van der Waals surface area (Å²) in [5.74, 6) is 0.863. The van der Waals surface area contributed by atoms with Gasteiger partial charge in [0.2, 0.25) is 0 Å². The predicted octanol–water partition coefficient (Wildman–Crippen LogP) is 11.6. The first kappa shape index (κ1) is 25.7. The number of furan rings is 1. The van der Waals surface area contributed by atoms with Gasteiger partial charge in [-0.3, -0.25) is 0 Å². The van der Waals surface area contributed by atoms with Gasteiger partial charge in [0.25, 0.3) is 0 Å². The number of benzene rings is 7. The molecule has 0 unspecified atom stereocenters. The summed E-state index contributed by atoms with van der Waals surface area (Å²) in [6.45, 7) is 0. The van der Waals surface area contributed by atoms with Gasteiger partial charge in [0.15, 0.2) is 0 Å². The molecular formula is C40H28O2S. The van der Waals surface area contributed by atoms with Gasteiger partial charge in [-0.2, -0.15) is 0 Å². The molecule has 0 saturated heterocycles. The molecule has 206 valence electrons. The van der Waals surface area contributed by atoms with Gasteiger partial charge in [-0.05, 0) is 80.9 Å². The summed E-state index contributed by atoms with van der Waals surface area (Å²) < 4.78 is 13.0.